The lowest BCUT2D eigenvalue weighted by atomic mass is 10.1. The van der Waals surface area contributed by atoms with Crippen LogP contribution in [0.15, 0.2) is 46.9 Å². The van der Waals surface area contributed by atoms with Gasteiger partial charge in [-0.2, -0.15) is 11.8 Å². The van der Waals surface area contributed by atoms with Crippen molar-refractivity contribution in [2.75, 3.05) is 32.2 Å². The highest BCUT2D eigenvalue weighted by atomic mass is 79.9. The Labute approximate surface area is 191 Å². The maximum Gasteiger partial charge on any atom is 0.253 e. The summed E-state index contributed by atoms with van der Waals surface area (Å²) in [6, 6.07) is 12.7. The van der Waals surface area contributed by atoms with Crippen LogP contribution in [-0.4, -0.2) is 55.0 Å². The standard InChI is InChI=1S/C23H29BrN2O3S/c1-16-13-17(2)15-18(14-16)29-11-10-26(3)23(28)21(9-12-30-4)25-22(27)19-7-5-6-8-20(19)24/h5-8,13-15,21H,9-12H2,1-4H3,(H,25,27). The van der Waals surface area contributed by atoms with Gasteiger partial charge in [0.1, 0.15) is 18.4 Å². The number of nitrogens with zero attached hydrogens (tertiary/aromatic N) is 1. The maximum absolute atomic E-state index is 13.0. The van der Waals surface area contributed by atoms with Gasteiger partial charge >= 0.3 is 0 Å². The van der Waals surface area contributed by atoms with Crippen molar-refractivity contribution in [1.82, 2.24) is 10.2 Å². The molecule has 162 valence electrons. The number of thioether (sulfide) groups is 1. The van der Waals surface area contributed by atoms with Gasteiger partial charge in [0.25, 0.3) is 5.91 Å². The number of benzene rings is 2. The molecule has 1 unspecified atom stereocenters. The molecule has 0 aliphatic rings. The lowest BCUT2D eigenvalue weighted by Gasteiger charge is -2.25. The minimum absolute atomic E-state index is 0.117. The zero-order valence-electron chi connectivity index (χ0n) is 17.9. The molecule has 0 aliphatic heterocycles. The number of aryl methyl sites for hydroxylation is 2. The SMILES string of the molecule is CSCCC(NC(=O)c1ccccc1Br)C(=O)N(C)CCOc1cc(C)cc(C)c1. The van der Waals surface area contributed by atoms with Crippen LogP contribution >= 0.6 is 27.7 Å². The minimum atomic E-state index is -0.580. The summed E-state index contributed by atoms with van der Waals surface area (Å²) >= 11 is 5.04. The summed E-state index contributed by atoms with van der Waals surface area (Å²) in [5, 5.41) is 2.90. The molecule has 0 saturated carbocycles. The van der Waals surface area contributed by atoms with E-state index in [4.69, 9.17) is 4.74 Å². The zero-order valence-corrected chi connectivity index (χ0v) is 20.3. The molecule has 7 heteroatoms. The van der Waals surface area contributed by atoms with Crippen LogP contribution in [0.3, 0.4) is 0 Å². The average molecular weight is 493 g/mol. The Morgan fingerprint density at radius 2 is 1.83 bits per heavy atom. The van der Waals surface area contributed by atoms with Gasteiger partial charge in [0.05, 0.1) is 12.1 Å². The maximum atomic E-state index is 13.0. The molecule has 0 aliphatic carbocycles. The van der Waals surface area contributed by atoms with Gasteiger partial charge in [0, 0.05) is 11.5 Å². The normalized spacial score (nSPS) is 11.6. The smallest absolute Gasteiger partial charge is 0.253 e. The van der Waals surface area contributed by atoms with Crippen molar-refractivity contribution in [2.24, 2.45) is 0 Å². The molecule has 5 nitrogen and oxygen atoms in total. The van der Waals surface area contributed by atoms with Gasteiger partial charge in [0.2, 0.25) is 5.91 Å². The predicted molar refractivity (Wildman–Crippen MR) is 127 cm³/mol. The number of ether oxygens (including phenoxy) is 1. The molecular weight excluding hydrogens is 464 g/mol. The molecule has 0 fully saturated rings. The number of carbonyl (C=O) groups is 2. The van der Waals surface area contributed by atoms with Crippen molar-refractivity contribution in [3.8, 4) is 5.75 Å². The summed E-state index contributed by atoms with van der Waals surface area (Å²) in [6.07, 6.45) is 2.55. The molecule has 0 spiro atoms. The molecule has 1 N–H and O–H groups in total. The number of rotatable bonds is 10. The second kappa shape index (κ2) is 12.0. The molecule has 2 aromatic carbocycles. The van der Waals surface area contributed by atoms with Gasteiger partial charge in [-0.1, -0.05) is 18.2 Å². The first-order valence-electron chi connectivity index (χ1n) is 9.82. The Balaban J connectivity index is 1.97. The molecular formula is C23H29BrN2O3S. The van der Waals surface area contributed by atoms with E-state index < -0.39 is 6.04 Å². The number of halogens is 1. The molecule has 0 bridgehead atoms. The van der Waals surface area contributed by atoms with Crippen LogP contribution < -0.4 is 10.1 Å². The Kier molecular flexibility index (Phi) is 9.72. The van der Waals surface area contributed by atoms with Crippen molar-refractivity contribution < 1.29 is 14.3 Å². The van der Waals surface area contributed by atoms with Crippen LogP contribution in [-0.2, 0) is 4.79 Å². The molecule has 2 aromatic rings. The summed E-state index contributed by atoms with van der Waals surface area (Å²) in [4.78, 5) is 27.3. The highest BCUT2D eigenvalue weighted by Gasteiger charge is 2.24. The second-order valence-corrected chi connectivity index (χ2v) is 9.06. The molecule has 2 rings (SSSR count). The second-order valence-electron chi connectivity index (χ2n) is 7.22. The monoisotopic (exact) mass is 492 g/mol. The van der Waals surface area contributed by atoms with Crippen molar-refractivity contribution in [1.29, 1.82) is 0 Å². The van der Waals surface area contributed by atoms with E-state index in [1.54, 1.807) is 35.8 Å². The van der Waals surface area contributed by atoms with Gasteiger partial charge < -0.3 is 15.0 Å². The van der Waals surface area contributed by atoms with Gasteiger partial charge in [-0.25, -0.2) is 0 Å². The number of carbonyl (C=O) groups excluding carboxylic acids is 2. The van der Waals surface area contributed by atoms with Crippen LogP contribution in [0.25, 0.3) is 0 Å². The summed E-state index contributed by atoms with van der Waals surface area (Å²) in [6.45, 7) is 4.88. The van der Waals surface area contributed by atoms with Crippen LogP contribution in [0.2, 0.25) is 0 Å². The Morgan fingerprint density at radius 1 is 1.17 bits per heavy atom. The first-order valence-corrected chi connectivity index (χ1v) is 12.0. The number of likely N-dealkylation sites (N-methyl/N-ethyl adjacent to an activating group) is 1. The highest BCUT2D eigenvalue weighted by Crippen LogP contribution is 2.17. The van der Waals surface area contributed by atoms with E-state index >= 15 is 0 Å². The first kappa shape index (κ1) is 24.3. The summed E-state index contributed by atoms with van der Waals surface area (Å²) in [5.41, 5.74) is 2.79. The summed E-state index contributed by atoms with van der Waals surface area (Å²) in [7, 11) is 1.74. The van der Waals surface area contributed by atoms with Gasteiger partial charge in [-0.3, -0.25) is 9.59 Å². The molecule has 0 aromatic heterocycles. The van der Waals surface area contributed by atoms with E-state index in [1.165, 1.54) is 0 Å². The third kappa shape index (κ3) is 7.36. The number of hydrogen-bond acceptors (Lipinski definition) is 4. The molecule has 30 heavy (non-hydrogen) atoms. The molecule has 0 heterocycles. The third-order valence-corrected chi connectivity index (χ3v) is 5.93. The van der Waals surface area contributed by atoms with Crippen molar-refractivity contribution in [3.63, 3.8) is 0 Å². The molecule has 0 saturated heterocycles. The fourth-order valence-electron chi connectivity index (χ4n) is 3.07. The van der Waals surface area contributed by atoms with Gasteiger partial charge in [-0.05, 0) is 83.6 Å². The fourth-order valence-corrected chi connectivity index (χ4v) is 4.00. The van der Waals surface area contributed by atoms with E-state index in [1.807, 2.05) is 44.4 Å². The Morgan fingerprint density at radius 3 is 2.47 bits per heavy atom. The largest absolute Gasteiger partial charge is 0.492 e. The number of nitrogens with one attached hydrogen (secondary N) is 1. The van der Waals surface area contributed by atoms with E-state index in [9.17, 15) is 9.59 Å². The van der Waals surface area contributed by atoms with Crippen molar-refractivity contribution >= 4 is 39.5 Å². The molecule has 2 amide bonds. The quantitative estimate of drug-likeness (QED) is 0.531. The predicted octanol–water partition coefficient (Wildman–Crippen LogP) is 4.45. The highest BCUT2D eigenvalue weighted by molar-refractivity contribution is 9.10. The van der Waals surface area contributed by atoms with Gasteiger partial charge in [0.15, 0.2) is 0 Å². The molecule has 0 radical (unpaired) electrons. The number of amides is 2. The minimum Gasteiger partial charge on any atom is -0.492 e. The topological polar surface area (TPSA) is 58.6 Å². The number of hydrogen-bond donors (Lipinski definition) is 1. The third-order valence-electron chi connectivity index (χ3n) is 4.60. The first-order chi connectivity index (χ1) is 14.3. The summed E-state index contributed by atoms with van der Waals surface area (Å²) in [5.74, 6) is 1.20. The van der Waals surface area contributed by atoms with Crippen molar-refractivity contribution in [3.05, 3.63) is 63.6 Å². The average Bonchev–Trinajstić information content (AvgIpc) is 2.70. The lowest BCUT2D eigenvalue weighted by Crippen LogP contribution is -2.48. The van der Waals surface area contributed by atoms with Crippen LogP contribution in [0.4, 0.5) is 0 Å². The lowest BCUT2D eigenvalue weighted by molar-refractivity contribution is -0.132. The van der Waals surface area contributed by atoms with E-state index in [-0.39, 0.29) is 11.8 Å². The van der Waals surface area contributed by atoms with Gasteiger partial charge in [-0.15, -0.1) is 0 Å². The fraction of sp³-hybridized carbons (Fsp3) is 0.391. The molecule has 1 atom stereocenters. The van der Waals surface area contributed by atoms with E-state index in [0.717, 1.165) is 22.6 Å². The summed E-state index contributed by atoms with van der Waals surface area (Å²) < 4.78 is 6.53. The van der Waals surface area contributed by atoms with E-state index in [2.05, 4.69) is 27.3 Å². The van der Waals surface area contributed by atoms with E-state index in [0.29, 0.717) is 29.6 Å². The Hall–Kier alpha value is -1.99. The van der Waals surface area contributed by atoms with Crippen LogP contribution in [0.1, 0.15) is 27.9 Å². The van der Waals surface area contributed by atoms with Crippen molar-refractivity contribution in [2.45, 2.75) is 26.3 Å². The Bertz CT molecular complexity index is 855. The zero-order chi connectivity index (χ0) is 22.1. The van der Waals surface area contributed by atoms with Crippen LogP contribution in [0, 0.1) is 13.8 Å². The van der Waals surface area contributed by atoms with Crippen LogP contribution in [0.5, 0.6) is 5.75 Å².